The fraction of sp³-hybridized carbons (Fsp3) is 0.797. The van der Waals surface area contributed by atoms with Gasteiger partial charge in [0, 0.05) is 19.3 Å². The molecule has 0 spiro atoms. The first-order chi connectivity index (χ1) is 34.5. The first kappa shape index (κ1) is 67.1. The van der Waals surface area contributed by atoms with Gasteiger partial charge in [-0.2, -0.15) is 0 Å². The van der Waals surface area contributed by atoms with Gasteiger partial charge in [-0.3, -0.25) is 14.4 Å². The second kappa shape index (κ2) is 58.7. The molecule has 0 aliphatic heterocycles. The number of carbonyl (C=O) groups is 3. The molecular weight excluding hydrogens is 865 g/mol. The quantitative estimate of drug-likeness (QED) is 0.0261. The maximum atomic E-state index is 12.9. The fourth-order valence-electron chi connectivity index (χ4n) is 8.75. The number of allylic oxidation sites excluding steroid dienone is 10. The van der Waals surface area contributed by atoms with Crippen LogP contribution in [0.15, 0.2) is 60.8 Å². The molecule has 406 valence electrons. The zero-order chi connectivity index (χ0) is 50.7. The minimum atomic E-state index is -0.802. The van der Waals surface area contributed by atoms with Crippen molar-refractivity contribution in [2.24, 2.45) is 0 Å². The topological polar surface area (TPSA) is 78.9 Å². The van der Waals surface area contributed by atoms with Gasteiger partial charge in [0.25, 0.3) is 0 Å². The predicted molar refractivity (Wildman–Crippen MR) is 302 cm³/mol. The largest absolute Gasteiger partial charge is 0.462 e. The lowest BCUT2D eigenvalue weighted by Crippen LogP contribution is -2.30. The molecule has 1 atom stereocenters. The van der Waals surface area contributed by atoms with E-state index in [-0.39, 0.29) is 37.5 Å². The molecule has 6 heteroatoms. The SMILES string of the molecule is CC/C=C\C/C=C\C/C=C\C/C=C\CCC(=O)OCC(COC(=O)CCCCCCCCCCC/C=C\CCCCCCCCCC)OC(=O)CCCCCCCCCCCCCCCCCCCC. The van der Waals surface area contributed by atoms with Gasteiger partial charge in [0.2, 0.25) is 0 Å². The third-order valence-corrected chi connectivity index (χ3v) is 13.3. The highest BCUT2D eigenvalue weighted by Gasteiger charge is 2.19. The van der Waals surface area contributed by atoms with E-state index in [9.17, 15) is 14.4 Å². The summed E-state index contributed by atoms with van der Waals surface area (Å²) in [7, 11) is 0. The molecule has 70 heavy (non-hydrogen) atoms. The summed E-state index contributed by atoms with van der Waals surface area (Å²) >= 11 is 0. The van der Waals surface area contributed by atoms with E-state index in [0.717, 1.165) is 64.2 Å². The molecule has 0 amide bonds. The molecule has 6 nitrogen and oxygen atoms in total. The Hall–Kier alpha value is -2.89. The van der Waals surface area contributed by atoms with Crippen molar-refractivity contribution in [2.75, 3.05) is 13.2 Å². The van der Waals surface area contributed by atoms with Crippen molar-refractivity contribution in [1.82, 2.24) is 0 Å². The summed E-state index contributed by atoms with van der Waals surface area (Å²) in [5.41, 5.74) is 0. The molecule has 0 bridgehead atoms. The smallest absolute Gasteiger partial charge is 0.306 e. The van der Waals surface area contributed by atoms with E-state index < -0.39 is 6.10 Å². The van der Waals surface area contributed by atoms with Crippen LogP contribution in [-0.2, 0) is 28.6 Å². The molecule has 0 aromatic carbocycles. The fourth-order valence-corrected chi connectivity index (χ4v) is 8.75. The Morgan fingerprint density at radius 2 is 0.586 bits per heavy atom. The van der Waals surface area contributed by atoms with Crippen LogP contribution in [0.2, 0.25) is 0 Å². The highest BCUT2D eigenvalue weighted by atomic mass is 16.6. The number of unbranched alkanes of at least 4 members (excludes halogenated alkanes) is 34. The van der Waals surface area contributed by atoms with Gasteiger partial charge in [-0.1, -0.05) is 281 Å². The zero-order valence-corrected chi connectivity index (χ0v) is 46.5. The number of rotatable bonds is 55. The average Bonchev–Trinajstić information content (AvgIpc) is 3.36. The van der Waals surface area contributed by atoms with E-state index in [2.05, 4.69) is 75.5 Å². The molecule has 0 saturated heterocycles. The van der Waals surface area contributed by atoms with Gasteiger partial charge in [-0.25, -0.2) is 0 Å². The Bertz CT molecular complexity index is 1260. The van der Waals surface area contributed by atoms with Gasteiger partial charge >= 0.3 is 17.9 Å². The molecule has 0 heterocycles. The number of carbonyl (C=O) groups excluding carboxylic acids is 3. The highest BCUT2D eigenvalue weighted by Crippen LogP contribution is 2.17. The molecular formula is C64H114O6. The summed E-state index contributed by atoms with van der Waals surface area (Å²) in [4.78, 5) is 38.2. The second-order valence-electron chi connectivity index (χ2n) is 20.2. The van der Waals surface area contributed by atoms with Crippen LogP contribution >= 0.6 is 0 Å². The van der Waals surface area contributed by atoms with E-state index in [0.29, 0.717) is 19.3 Å². The molecule has 0 aromatic heterocycles. The van der Waals surface area contributed by atoms with Crippen LogP contribution in [0.25, 0.3) is 0 Å². The molecule has 0 fully saturated rings. The summed E-state index contributed by atoms with van der Waals surface area (Å²) in [5.74, 6) is -0.966. The van der Waals surface area contributed by atoms with Gasteiger partial charge in [0.05, 0.1) is 0 Å². The lowest BCUT2D eigenvalue weighted by Gasteiger charge is -2.18. The third kappa shape index (κ3) is 56.0. The number of hydrogen-bond acceptors (Lipinski definition) is 6. The Labute approximate surface area is 434 Å². The molecule has 0 aliphatic carbocycles. The normalized spacial score (nSPS) is 12.4. The predicted octanol–water partition coefficient (Wildman–Crippen LogP) is 20.4. The van der Waals surface area contributed by atoms with Crippen LogP contribution in [0.1, 0.15) is 310 Å². The number of hydrogen-bond donors (Lipinski definition) is 0. The van der Waals surface area contributed by atoms with E-state index in [4.69, 9.17) is 14.2 Å². The number of ether oxygens (including phenoxy) is 3. The lowest BCUT2D eigenvalue weighted by atomic mass is 10.0. The first-order valence-electron chi connectivity index (χ1n) is 30.3. The summed E-state index contributed by atoms with van der Waals surface area (Å²) in [6.45, 7) is 6.50. The lowest BCUT2D eigenvalue weighted by molar-refractivity contribution is -0.166. The van der Waals surface area contributed by atoms with Crippen molar-refractivity contribution in [2.45, 2.75) is 316 Å². The van der Waals surface area contributed by atoms with E-state index in [1.54, 1.807) is 0 Å². The maximum Gasteiger partial charge on any atom is 0.306 e. The molecule has 0 N–H and O–H groups in total. The Kier molecular flexibility index (Phi) is 56.3. The van der Waals surface area contributed by atoms with Crippen molar-refractivity contribution in [3.8, 4) is 0 Å². The van der Waals surface area contributed by atoms with E-state index in [1.807, 2.05) is 6.08 Å². The highest BCUT2D eigenvalue weighted by molar-refractivity contribution is 5.71. The average molecular weight is 980 g/mol. The summed E-state index contributed by atoms with van der Waals surface area (Å²) < 4.78 is 16.8. The van der Waals surface area contributed by atoms with Crippen LogP contribution in [0.3, 0.4) is 0 Å². The molecule has 0 aromatic rings. The Morgan fingerprint density at radius 3 is 0.957 bits per heavy atom. The summed E-state index contributed by atoms with van der Waals surface area (Å²) in [5, 5.41) is 0. The summed E-state index contributed by atoms with van der Waals surface area (Å²) in [6.07, 6.45) is 73.8. The van der Waals surface area contributed by atoms with Crippen molar-refractivity contribution in [3.05, 3.63) is 60.8 Å². The van der Waals surface area contributed by atoms with Crippen LogP contribution < -0.4 is 0 Å². The van der Waals surface area contributed by atoms with Gasteiger partial charge in [-0.15, -0.1) is 0 Å². The van der Waals surface area contributed by atoms with Crippen LogP contribution in [-0.4, -0.2) is 37.2 Å². The second-order valence-corrected chi connectivity index (χ2v) is 20.2. The van der Waals surface area contributed by atoms with Crippen molar-refractivity contribution >= 4 is 17.9 Å². The van der Waals surface area contributed by atoms with Crippen LogP contribution in [0.4, 0.5) is 0 Å². The zero-order valence-electron chi connectivity index (χ0n) is 46.5. The first-order valence-corrected chi connectivity index (χ1v) is 30.3. The van der Waals surface area contributed by atoms with E-state index in [1.165, 1.54) is 199 Å². The van der Waals surface area contributed by atoms with Gasteiger partial charge in [0.15, 0.2) is 6.10 Å². The summed E-state index contributed by atoms with van der Waals surface area (Å²) in [6, 6.07) is 0. The Balaban J connectivity index is 4.36. The molecule has 0 radical (unpaired) electrons. The van der Waals surface area contributed by atoms with Crippen molar-refractivity contribution < 1.29 is 28.6 Å². The third-order valence-electron chi connectivity index (χ3n) is 13.3. The van der Waals surface area contributed by atoms with Gasteiger partial charge < -0.3 is 14.2 Å². The van der Waals surface area contributed by atoms with E-state index >= 15 is 0 Å². The molecule has 0 saturated carbocycles. The Morgan fingerprint density at radius 1 is 0.300 bits per heavy atom. The maximum absolute atomic E-state index is 12.9. The van der Waals surface area contributed by atoms with Crippen molar-refractivity contribution in [1.29, 1.82) is 0 Å². The minimum absolute atomic E-state index is 0.0944. The van der Waals surface area contributed by atoms with Crippen LogP contribution in [0.5, 0.6) is 0 Å². The van der Waals surface area contributed by atoms with Crippen LogP contribution in [0, 0.1) is 0 Å². The monoisotopic (exact) mass is 979 g/mol. The van der Waals surface area contributed by atoms with Gasteiger partial charge in [-0.05, 0) is 70.6 Å². The molecule has 0 aliphatic rings. The van der Waals surface area contributed by atoms with Gasteiger partial charge in [0.1, 0.15) is 13.2 Å². The minimum Gasteiger partial charge on any atom is -0.462 e. The molecule has 1 unspecified atom stereocenters. The number of esters is 3. The molecule has 0 rings (SSSR count). The standard InChI is InChI=1S/C64H114O6/c1-4-7-10-13-16-19-22-25-27-29-31-32-33-35-36-39-42-45-48-51-54-57-63(66)69-60-61(59-68-62(65)56-53-50-47-44-41-38-24-21-18-15-12-9-6-3)70-64(67)58-55-52-49-46-43-40-37-34-30-28-26-23-20-17-14-11-8-5-2/h9,12,18,21,29,31,38,41,47,50,61H,4-8,10-11,13-17,19-20,22-28,30,32-37,39-40,42-46,48-49,51-60H2,1-3H3/b12-9-,21-18-,31-29-,41-38-,50-47-. The van der Waals surface area contributed by atoms with Crippen molar-refractivity contribution in [3.63, 3.8) is 0 Å².